The van der Waals surface area contributed by atoms with Crippen molar-refractivity contribution in [2.75, 3.05) is 5.75 Å². The lowest BCUT2D eigenvalue weighted by atomic mass is 10.2. The minimum atomic E-state index is -1.27. The second kappa shape index (κ2) is 7.03. The van der Waals surface area contributed by atoms with Crippen molar-refractivity contribution < 1.29 is 19.8 Å². The van der Waals surface area contributed by atoms with Gasteiger partial charge in [-0.2, -0.15) is 0 Å². The van der Waals surface area contributed by atoms with E-state index in [-0.39, 0.29) is 5.75 Å². The number of carbonyl (C=O) groups excluding carboxylic acids is 1. The Hall–Kier alpha value is -1.53. The summed E-state index contributed by atoms with van der Waals surface area (Å²) in [5, 5.41) is 20.3. The number of carboxylic acids is 1. The van der Waals surface area contributed by atoms with Gasteiger partial charge in [0.2, 0.25) is 5.91 Å². The van der Waals surface area contributed by atoms with Crippen molar-refractivity contribution in [3.05, 3.63) is 30.3 Å². The summed E-state index contributed by atoms with van der Waals surface area (Å²) in [5.41, 5.74) is 0. The lowest BCUT2D eigenvalue weighted by molar-refractivity contribution is -0.144. The van der Waals surface area contributed by atoms with Crippen molar-refractivity contribution >= 4 is 23.6 Å². The van der Waals surface area contributed by atoms with Gasteiger partial charge in [-0.05, 0) is 19.1 Å². The third kappa shape index (κ3) is 4.77. The molecule has 3 N–H and O–H groups in total. The minimum absolute atomic E-state index is 0.112. The summed E-state index contributed by atoms with van der Waals surface area (Å²) in [4.78, 5) is 23.2. The molecule has 5 nitrogen and oxygen atoms in total. The normalized spacial score (nSPS) is 13.7. The Morgan fingerprint density at radius 2 is 1.94 bits per heavy atom. The zero-order valence-corrected chi connectivity index (χ0v) is 10.7. The molecular weight excluding hydrogens is 254 g/mol. The molecule has 1 amide bonds. The van der Waals surface area contributed by atoms with Gasteiger partial charge in [-0.15, -0.1) is 11.8 Å². The van der Waals surface area contributed by atoms with Gasteiger partial charge in [-0.25, -0.2) is 4.79 Å². The molecule has 6 heteroatoms. The van der Waals surface area contributed by atoms with Gasteiger partial charge in [0.15, 0.2) is 6.04 Å². The quantitative estimate of drug-likeness (QED) is 0.663. The zero-order chi connectivity index (χ0) is 13.5. The van der Waals surface area contributed by atoms with Gasteiger partial charge >= 0.3 is 5.97 Å². The Kier molecular flexibility index (Phi) is 5.67. The monoisotopic (exact) mass is 269 g/mol. The van der Waals surface area contributed by atoms with Gasteiger partial charge in [0.05, 0.1) is 11.9 Å². The van der Waals surface area contributed by atoms with Crippen molar-refractivity contribution in [2.45, 2.75) is 24.0 Å². The van der Waals surface area contributed by atoms with E-state index in [1.807, 2.05) is 30.3 Å². The van der Waals surface area contributed by atoms with Gasteiger partial charge in [0.25, 0.3) is 0 Å². The number of hydrogen-bond donors (Lipinski definition) is 3. The Morgan fingerprint density at radius 1 is 1.33 bits per heavy atom. The van der Waals surface area contributed by atoms with Crippen molar-refractivity contribution in [1.82, 2.24) is 5.32 Å². The van der Waals surface area contributed by atoms with E-state index < -0.39 is 24.0 Å². The number of rotatable bonds is 6. The fourth-order valence-electron chi connectivity index (χ4n) is 1.27. The molecule has 0 radical (unpaired) electrons. The van der Waals surface area contributed by atoms with Crippen LogP contribution in [-0.4, -0.2) is 40.0 Å². The molecule has 0 saturated carbocycles. The van der Waals surface area contributed by atoms with Crippen LogP contribution >= 0.6 is 11.8 Å². The number of benzene rings is 1. The molecule has 0 aliphatic carbocycles. The van der Waals surface area contributed by atoms with Crippen LogP contribution in [0.1, 0.15) is 6.92 Å². The van der Waals surface area contributed by atoms with Crippen LogP contribution in [0.5, 0.6) is 0 Å². The lowest BCUT2D eigenvalue weighted by Crippen LogP contribution is -2.48. The summed E-state index contributed by atoms with van der Waals surface area (Å²) < 4.78 is 0. The molecule has 0 aromatic heterocycles. The number of hydrogen-bond acceptors (Lipinski definition) is 4. The van der Waals surface area contributed by atoms with Crippen molar-refractivity contribution in [1.29, 1.82) is 0 Å². The van der Waals surface area contributed by atoms with Gasteiger partial charge in [-0.3, -0.25) is 4.79 Å². The number of aliphatic carboxylic acids is 1. The Bertz CT molecular complexity index is 408. The molecule has 0 saturated heterocycles. The molecule has 2 unspecified atom stereocenters. The molecule has 1 aromatic carbocycles. The van der Waals surface area contributed by atoms with E-state index in [9.17, 15) is 14.7 Å². The fraction of sp³-hybridized carbons (Fsp3) is 0.333. The Balaban J connectivity index is 2.44. The van der Waals surface area contributed by atoms with E-state index in [0.29, 0.717) is 0 Å². The predicted octanol–water partition coefficient (Wildman–Crippen LogP) is 0.729. The van der Waals surface area contributed by atoms with Gasteiger partial charge < -0.3 is 15.5 Å². The van der Waals surface area contributed by atoms with E-state index in [1.165, 1.54) is 18.7 Å². The second-order valence-corrected chi connectivity index (χ2v) is 4.77. The summed E-state index contributed by atoms with van der Waals surface area (Å²) in [6.07, 6.45) is -1.13. The molecule has 0 heterocycles. The molecule has 0 fully saturated rings. The third-order valence-corrected chi connectivity index (χ3v) is 3.19. The molecule has 1 rings (SSSR count). The SMILES string of the molecule is CC(O)C(NC(=O)CSc1ccccc1)C(=O)O. The number of carboxylic acid groups (broad SMARTS) is 1. The summed E-state index contributed by atoms with van der Waals surface area (Å²) in [7, 11) is 0. The van der Waals surface area contributed by atoms with Crippen LogP contribution < -0.4 is 5.32 Å². The molecule has 0 spiro atoms. The van der Waals surface area contributed by atoms with Gasteiger partial charge in [0, 0.05) is 4.90 Å². The minimum Gasteiger partial charge on any atom is -0.480 e. The van der Waals surface area contributed by atoms with Crippen molar-refractivity contribution in [3.8, 4) is 0 Å². The summed E-state index contributed by atoms with van der Waals surface area (Å²) in [6, 6.07) is 8.04. The number of aliphatic hydroxyl groups is 1. The van der Waals surface area contributed by atoms with Crippen LogP contribution in [0.15, 0.2) is 35.2 Å². The molecule has 0 bridgehead atoms. The predicted molar refractivity (Wildman–Crippen MR) is 68.4 cm³/mol. The Morgan fingerprint density at radius 3 is 2.44 bits per heavy atom. The van der Waals surface area contributed by atoms with Crippen molar-refractivity contribution in [3.63, 3.8) is 0 Å². The van der Waals surface area contributed by atoms with Crippen LogP contribution in [-0.2, 0) is 9.59 Å². The van der Waals surface area contributed by atoms with E-state index in [4.69, 9.17) is 5.11 Å². The largest absolute Gasteiger partial charge is 0.480 e. The molecule has 18 heavy (non-hydrogen) atoms. The number of nitrogens with one attached hydrogen (secondary N) is 1. The maximum atomic E-state index is 11.5. The standard InChI is InChI=1S/C12H15NO4S/c1-8(14)11(12(16)17)13-10(15)7-18-9-5-3-2-4-6-9/h2-6,8,11,14H,7H2,1H3,(H,13,15)(H,16,17). The molecule has 0 aliphatic heterocycles. The highest BCUT2D eigenvalue weighted by atomic mass is 32.2. The second-order valence-electron chi connectivity index (χ2n) is 3.73. The van der Waals surface area contributed by atoms with E-state index in [2.05, 4.69) is 5.32 Å². The molecule has 98 valence electrons. The van der Waals surface area contributed by atoms with Crippen LogP contribution in [0.25, 0.3) is 0 Å². The highest BCUT2D eigenvalue weighted by Gasteiger charge is 2.24. The van der Waals surface area contributed by atoms with E-state index in [0.717, 1.165) is 4.90 Å². The first kappa shape index (κ1) is 14.5. The smallest absolute Gasteiger partial charge is 0.328 e. The van der Waals surface area contributed by atoms with Gasteiger partial charge in [0.1, 0.15) is 0 Å². The first-order chi connectivity index (χ1) is 8.50. The average molecular weight is 269 g/mol. The van der Waals surface area contributed by atoms with Crippen molar-refractivity contribution in [2.24, 2.45) is 0 Å². The molecular formula is C12H15NO4S. The molecule has 0 aliphatic rings. The first-order valence-corrected chi connectivity index (χ1v) is 6.37. The fourth-order valence-corrected chi connectivity index (χ4v) is 2.00. The van der Waals surface area contributed by atoms with E-state index in [1.54, 1.807) is 0 Å². The summed E-state index contributed by atoms with van der Waals surface area (Å²) in [6.45, 7) is 1.32. The number of thioether (sulfide) groups is 1. The van der Waals surface area contributed by atoms with Crippen LogP contribution in [0.4, 0.5) is 0 Å². The summed E-state index contributed by atoms with van der Waals surface area (Å²) in [5.74, 6) is -1.55. The van der Waals surface area contributed by atoms with E-state index >= 15 is 0 Å². The van der Waals surface area contributed by atoms with Crippen LogP contribution in [0.3, 0.4) is 0 Å². The van der Waals surface area contributed by atoms with Gasteiger partial charge in [-0.1, -0.05) is 18.2 Å². The average Bonchev–Trinajstić information content (AvgIpc) is 2.34. The lowest BCUT2D eigenvalue weighted by Gasteiger charge is -2.16. The van der Waals surface area contributed by atoms with Crippen LogP contribution in [0, 0.1) is 0 Å². The van der Waals surface area contributed by atoms with Crippen LogP contribution in [0.2, 0.25) is 0 Å². The third-order valence-electron chi connectivity index (χ3n) is 2.18. The molecule has 2 atom stereocenters. The topological polar surface area (TPSA) is 86.6 Å². The Labute approximate surface area is 109 Å². The number of carbonyl (C=O) groups is 2. The number of amides is 1. The first-order valence-electron chi connectivity index (χ1n) is 5.39. The molecule has 1 aromatic rings. The maximum Gasteiger partial charge on any atom is 0.328 e. The zero-order valence-electron chi connectivity index (χ0n) is 9.87. The summed E-state index contributed by atoms with van der Waals surface area (Å²) >= 11 is 1.31. The number of aliphatic hydroxyl groups excluding tert-OH is 1. The highest BCUT2D eigenvalue weighted by molar-refractivity contribution is 8.00. The maximum absolute atomic E-state index is 11.5. The highest BCUT2D eigenvalue weighted by Crippen LogP contribution is 2.16.